The van der Waals surface area contributed by atoms with E-state index < -0.39 is 24.0 Å². The molecule has 0 fully saturated rings. The van der Waals surface area contributed by atoms with Crippen LogP contribution in [-0.2, 0) is 16.0 Å². The summed E-state index contributed by atoms with van der Waals surface area (Å²) in [7, 11) is 0. The van der Waals surface area contributed by atoms with Crippen LogP contribution < -0.4 is 14.8 Å². The summed E-state index contributed by atoms with van der Waals surface area (Å²) in [5.41, 5.74) is 1.43. The number of amides is 1. The number of carbonyl (C=O) groups is 2. The number of para-hydroxylation sites is 1. The van der Waals surface area contributed by atoms with Gasteiger partial charge in [0.1, 0.15) is 11.5 Å². The first-order valence-corrected chi connectivity index (χ1v) is 9.07. The number of benzene rings is 2. The average molecular weight is 390 g/mol. The Morgan fingerprint density at radius 3 is 2.78 bits per heavy atom. The van der Waals surface area contributed by atoms with Crippen LogP contribution in [0.5, 0.6) is 11.5 Å². The van der Waals surface area contributed by atoms with Crippen molar-refractivity contribution >= 4 is 23.5 Å². The van der Waals surface area contributed by atoms with Gasteiger partial charge in [0.25, 0.3) is 5.91 Å². The minimum Gasteiger partial charge on any atom is -0.493 e. The number of carboxylic acid groups (broad SMARTS) is 1. The van der Waals surface area contributed by atoms with Crippen molar-refractivity contribution in [3.8, 4) is 11.5 Å². The van der Waals surface area contributed by atoms with Crippen LogP contribution in [0, 0.1) is 0 Å². The maximum absolute atomic E-state index is 12.6. The maximum Gasteiger partial charge on any atom is 0.330 e. The number of halogens is 1. The van der Waals surface area contributed by atoms with Crippen molar-refractivity contribution in [2.75, 3.05) is 6.61 Å². The second-order valence-electron chi connectivity index (χ2n) is 6.19. The molecule has 0 saturated heterocycles. The molecule has 2 aromatic rings. The summed E-state index contributed by atoms with van der Waals surface area (Å²) in [5, 5.41) is 12.6. The van der Waals surface area contributed by atoms with E-state index in [1.54, 1.807) is 49.4 Å². The molecule has 1 heterocycles. The summed E-state index contributed by atoms with van der Waals surface area (Å²) in [6.45, 7) is 2.36. The van der Waals surface area contributed by atoms with Gasteiger partial charge in [0.2, 0.25) is 0 Å². The molecule has 0 bridgehead atoms. The van der Waals surface area contributed by atoms with Crippen molar-refractivity contribution in [1.29, 1.82) is 0 Å². The Morgan fingerprint density at radius 2 is 2.07 bits per heavy atom. The molecule has 0 radical (unpaired) electrons. The fourth-order valence-corrected chi connectivity index (χ4v) is 3.11. The van der Waals surface area contributed by atoms with Crippen molar-refractivity contribution in [1.82, 2.24) is 5.32 Å². The molecule has 2 N–H and O–H groups in total. The van der Waals surface area contributed by atoms with Crippen molar-refractivity contribution in [2.24, 2.45) is 0 Å². The standard InChI is InChI=1S/C20H20ClNO5/c1-2-15(27-17-6-4-3-5-14(17)21)19(23)22-18(20(24)25)13-7-8-16-12(11-13)9-10-26-16/h3-8,11,15,18H,2,9-10H2,1H3,(H,22,23)(H,24,25). The largest absolute Gasteiger partial charge is 0.493 e. The van der Waals surface area contributed by atoms with E-state index in [1.165, 1.54) is 0 Å². The van der Waals surface area contributed by atoms with Gasteiger partial charge in [0.15, 0.2) is 12.1 Å². The fourth-order valence-electron chi connectivity index (χ4n) is 2.92. The molecule has 0 aromatic heterocycles. The van der Waals surface area contributed by atoms with Gasteiger partial charge in [0.05, 0.1) is 11.6 Å². The summed E-state index contributed by atoms with van der Waals surface area (Å²) < 4.78 is 11.1. The van der Waals surface area contributed by atoms with Gasteiger partial charge in [-0.3, -0.25) is 4.79 Å². The minimum atomic E-state index is -1.17. The first-order valence-electron chi connectivity index (χ1n) is 8.69. The Balaban J connectivity index is 1.76. The highest BCUT2D eigenvalue weighted by molar-refractivity contribution is 6.32. The second-order valence-corrected chi connectivity index (χ2v) is 6.60. The Labute approximate surface area is 162 Å². The molecule has 7 heteroatoms. The number of carboxylic acids is 1. The van der Waals surface area contributed by atoms with Crippen LogP contribution in [0.2, 0.25) is 5.02 Å². The van der Waals surface area contributed by atoms with Crippen LogP contribution in [0.15, 0.2) is 42.5 Å². The summed E-state index contributed by atoms with van der Waals surface area (Å²) in [5.74, 6) is -0.526. The van der Waals surface area contributed by atoms with E-state index >= 15 is 0 Å². The summed E-state index contributed by atoms with van der Waals surface area (Å²) in [6.07, 6.45) is 0.224. The smallest absolute Gasteiger partial charge is 0.330 e. The lowest BCUT2D eigenvalue weighted by molar-refractivity contribution is -0.143. The molecule has 1 aliphatic rings. The third kappa shape index (κ3) is 4.34. The van der Waals surface area contributed by atoms with Crippen molar-refractivity contribution < 1.29 is 24.2 Å². The van der Waals surface area contributed by atoms with Crippen LogP contribution >= 0.6 is 11.6 Å². The van der Waals surface area contributed by atoms with Crippen LogP contribution in [0.25, 0.3) is 0 Å². The normalized spacial score (nSPS) is 14.6. The van der Waals surface area contributed by atoms with Crippen molar-refractivity contribution in [3.05, 3.63) is 58.6 Å². The van der Waals surface area contributed by atoms with Crippen molar-refractivity contribution in [3.63, 3.8) is 0 Å². The quantitative estimate of drug-likeness (QED) is 0.758. The number of fused-ring (bicyclic) bond motifs is 1. The SMILES string of the molecule is CCC(Oc1ccccc1Cl)C(=O)NC(C(=O)O)c1ccc2c(c1)CCO2. The Hall–Kier alpha value is -2.73. The first kappa shape index (κ1) is 19.0. The van der Waals surface area contributed by atoms with E-state index in [1.807, 2.05) is 0 Å². The number of rotatable bonds is 7. The van der Waals surface area contributed by atoms with Gasteiger partial charge in [-0.2, -0.15) is 0 Å². The molecule has 2 atom stereocenters. The molecule has 6 nitrogen and oxygen atoms in total. The minimum absolute atomic E-state index is 0.363. The Kier molecular flexibility index (Phi) is 5.86. The molecule has 2 unspecified atom stereocenters. The van der Waals surface area contributed by atoms with Gasteiger partial charge < -0.3 is 19.9 Å². The van der Waals surface area contributed by atoms with Gasteiger partial charge in [-0.15, -0.1) is 0 Å². The third-order valence-electron chi connectivity index (χ3n) is 4.35. The van der Waals surface area contributed by atoms with Gasteiger partial charge in [-0.25, -0.2) is 4.79 Å². The maximum atomic E-state index is 12.6. The molecule has 0 saturated carbocycles. The van der Waals surface area contributed by atoms with E-state index in [4.69, 9.17) is 21.1 Å². The van der Waals surface area contributed by atoms with Crippen LogP contribution in [0.4, 0.5) is 0 Å². The number of hydrogen-bond acceptors (Lipinski definition) is 4. The van der Waals surface area contributed by atoms with Crippen LogP contribution in [0.1, 0.15) is 30.5 Å². The zero-order chi connectivity index (χ0) is 19.4. The number of nitrogens with one attached hydrogen (secondary N) is 1. The Morgan fingerprint density at radius 1 is 1.30 bits per heavy atom. The monoisotopic (exact) mass is 389 g/mol. The number of ether oxygens (including phenoxy) is 2. The summed E-state index contributed by atoms with van der Waals surface area (Å²) in [4.78, 5) is 24.4. The molecule has 0 aliphatic carbocycles. The van der Waals surface area contributed by atoms with E-state index in [0.717, 1.165) is 17.7 Å². The average Bonchev–Trinajstić information content (AvgIpc) is 3.12. The Bertz CT molecular complexity index is 854. The number of hydrogen-bond donors (Lipinski definition) is 2. The van der Waals surface area contributed by atoms with Crippen LogP contribution in [-0.4, -0.2) is 29.7 Å². The van der Waals surface area contributed by atoms with Gasteiger partial charge in [-0.05, 0) is 41.8 Å². The zero-order valence-electron chi connectivity index (χ0n) is 14.8. The number of carbonyl (C=O) groups excluding carboxylic acids is 1. The van der Waals surface area contributed by atoms with Gasteiger partial charge in [0, 0.05) is 6.42 Å². The molecule has 1 amide bonds. The molecule has 27 heavy (non-hydrogen) atoms. The van der Waals surface area contributed by atoms with E-state index in [-0.39, 0.29) is 0 Å². The van der Waals surface area contributed by atoms with Gasteiger partial charge in [-0.1, -0.05) is 36.7 Å². The molecule has 0 spiro atoms. The van der Waals surface area contributed by atoms with Crippen LogP contribution in [0.3, 0.4) is 0 Å². The lowest BCUT2D eigenvalue weighted by atomic mass is 10.0. The topological polar surface area (TPSA) is 84.9 Å². The van der Waals surface area contributed by atoms with E-state index in [0.29, 0.717) is 29.4 Å². The molecule has 3 rings (SSSR count). The predicted octanol–water partition coefficient (Wildman–Crippen LogP) is 3.37. The summed E-state index contributed by atoms with van der Waals surface area (Å²) in [6, 6.07) is 10.8. The second kappa shape index (κ2) is 8.31. The lowest BCUT2D eigenvalue weighted by Gasteiger charge is -2.21. The molecule has 142 valence electrons. The first-order chi connectivity index (χ1) is 13.0. The lowest BCUT2D eigenvalue weighted by Crippen LogP contribution is -2.42. The van der Waals surface area contributed by atoms with E-state index in [2.05, 4.69) is 5.32 Å². The van der Waals surface area contributed by atoms with Crippen molar-refractivity contribution in [2.45, 2.75) is 31.9 Å². The molecular formula is C20H20ClNO5. The highest BCUT2D eigenvalue weighted by atomic mass is 35.5. The highest BCUT2D eigenvalue weighted by Gasteiger charge is 2.28. The predicted molar refractivity (Wildman–Crippen MR) is 100 cm³/mol. The zero-order valence-corrected chi connectivity index (χ0v) is 15.5. The van der Waals surface area contributed by atoms with Gasteiger partial charge >= 0.3 is 5.97 Å². The fraction of sp³-hybridized carbons (Fsp3) is 0.300. The number of aliphatic carboxylic acids is 1. The summed E-state index contributed by atoms with van der Waals surface area (Å²) >= 11 is 6.07. The molecular weight excluding hydrogens is 370 g/mol. The third-order valence-corrected chi connectivity index (χ3v) is 4.66. The van der Waals surface area contributed by atoms with E-state index in [9.17, 15) is 14.7 Å². The highest BCUT2D eigenvalue weighted by Crippen LogP contribution is 2.29. The molecule has 1 aliphatic heterocycles. The molecule has 2 aromatic carbocycles.